The highest BCUT2D eigenvalue weighted by molar-refractivity contribution is 5.28. The molecule has 4 atom stereocenters. The van der Waals surface area contributed by atoms with Crippen LogP contribution in [-0.4, -0.2) is 37.6 Å². The highest BCUT2D eigenvalue weighted by Gasteiger charge is 2.33. The second-order valence-corrected chi connectivity index (χ2v) is 11.0. The molecule has 5 aliphatic rings. The molecule has 1 N–H and O–H groups in total. The Morgan fingerprint density at radius 1 is 0.706 bits per heavy atom. The van der Waals surface area contributed by atoms with Crippen molar-refractivity contribution >= 4 is 0 Å². The number of fused-ring (bicyclic) bond motifs is 9. The van der Waals surface area contributed by atoms with Gasteiger partial charge in [-0.05, 0) is 87.8 Å². The van der Waals surface area contributed by atoms with Gasteiger partial charge in [0.25, 0.3) is 0 Å². The van der Waals surface area contributed by atoms with Gasteiger partial charge in [0, 0.05) is 25.1 Å². The first-order chi connectivity index (χ1) is 16.9. The molecule has 1 saturated heterocycles. The van der Waals surface area contributed by atoms with Crippen LogP contribution in [0.2, 0.25) is 0 Å². The van der Waals surface area contributed by atoms with Crippen molar-refractivity contribution in [3.63, 3.8) is 0 Å². The van der Waals surface area contributed by atoms with Crippen molar-refractivity contribution in [2.45, 2.75) is 83.5 Å². The molecule has 5 aliphatic heterocycles. The van der Waals surface area contributed by atoms with Crippen molar-refractivity contribution in [3.05, 3.63) is 72.0 Å². The summed E-state index contributed by atoms with van der Waals surface area (Å²) in [5, 5.41) is 0. The Kier molecular flexibility index (Phi) is 11.0. The molecule has 0 radical (unpaired) electrons. The molecule has 0 aromatic carbocycles. The van der Waals surface area contributed by atoms with Gasteiger partial charge >= 0.3 is 0 Å². The van der Waals surface area contributed by atoms with E-state index < -0.39 is 0 Å². The van der Waals surface area contributed by atoms with Gasteiger partial charge in [0.05, 0.1) is 12.7 Å². The summed E-state index contributed by atoms with van der Waals surface area (Å²) < 4.78 is 0. The summed E-state index contributed by atoms with van der Waals surface area (Å²) in [6, 6.07) is 0. The van der Waals surface area contributed by atoms with Crippen molar-refractivity contribution < 1.29 is 4.90 Å². The predicted molar refractivity (Wildman–Crippen MR) is 147 cm³/mol. The zero-order valence-electron chi connectivity index (χ0n) is 21.6. The molecule has 6 bridgehead atoms. The maximum absolute atomic E-state index is 2.77. The maximum atomic E-state index is 2.77. The van der Waals surface area contributed by atoms with E-state index >= 15 is 0 Å². The lowest BCUT2D eigenvalue weighted by Crippen LogP contribution is -3.08. The molecule has 4 unspecified atom stereocenters. The van der Waals surface area contributed by atoms with Crippen LogP contribution in [0, 0.1) is 11.8 Å². The van der Waals surface area contributed by atoms with Gasteiger partial charge in [0.1, 0.15) is 6.54 Å². The van der Waals surface area contributed by atoms with Crippen LogP contribution >= 0.6 is 0 Å². The number of rotatable bonds is 0. The van der Waals surface area contributed by atoms with Gasteiger partial charge in [-0.2, -0.15) is 0 Å². The lowest BCUT2D eigenvalue weighted by Gasteiger charge is -2.40. The van der Waals surface area contributed by atoms with E-state index in [1.165, 1.54) is 116 Å². The lowest BCUT2D eigenvalue weighted by atomic mass is 9.76. The minimum absolute atomic E-state index is 0.766. The molecular weight excluding hydrogens is 412 g/mol. The normalized spacial score (nSPS) is 32.2. The second kappa shape index (κ2) is 14.7. The van der Waals surface area contributed by atoms with Crippen LogP contribution in [0.15, 0.2) is 72.0 Å². The van der Waals surface area contributed by atoms with E-state index in [1.807, 2.05) is 0 Å². The van der Waals surface area contributed by atoms with Gasteiger partial charge in [0.2, 0.25) is 0 Å². The molecule has 2 nitrogen and oxygen atoms in total. The molecule has 0 amide bonds. The summed E-state index contributed by atoms with van der Waals surface area (Å²) in [6.07, 6.45) is 41.0. The molecule has 5 rings (SSSR count). The number of quaternary nitrogens is 1. The van der Waals surface area contributed by atoms with Gasteiger partial charge < -0.3 is 9.80 Å². The third kappa shape index (κ3) is 8.54. The zero-order chi connectivity index (χ0) is 23.3. The van der Waals surface area contributed by atoms with E-state index in [9.17, 15) is 0 Å². The van der Waals surface area contributed by atoms with E-state index in [2.05, 4.69) is 65.8 Å². The molecule has 0 aromatic rings. The van der Waals surface area contributed by atoms with Gasteiger partial charge in [-0.1, -0.05) is 67.9 Å². The summed E-state index contributed by atoms with van der Waals surface area (Å²) >= 11 is 0. The highest BCUT2D eigenvalue weighted by Crippen LogP contribution is 2.35. The summed E-state index contributed by atoms with van der Waals surface area (Å²) in [5.41, 5.74) is 3.40. The van der Waals surface area contributed by atoms with Crippen molar-refractivity contribution in [3.8, 4) is 0 Å². The number of allylic oxidation sites excluding steroid dienone is 8. The lowest BCUT2D eigenvalue weighted by molar-refractivity contribution is -0.842. The van der Waals surface area contributed by atoms with Crippen LogP contribution in [-0.2, 0) is 0 Å². The topological polar surface area (TPSA) is 7.68 Å². The molecule has 0 spiro atoms. The summed E-state index contributed by atoms with van der Waals surface area (Å²) in [6.45, 7) is 6.24. The predicted octanol–water partition coefficient (Wildman–Crippen LogP) is 6.57. The van der Waals surface area contributed by atoms with Crippen molar-refractivity contribution in [2.75, 3.05) is 32.7 Å². The SMILES string of the molecule is C1=CCCCCCCC2CN3CCC=CC=CCCCCC4=CC(=C[NH+](CCC=C1)C4)C2CC3. The molecule has 5 heterocycles. The van der Waals surface area contributed by atoms with Gasteiger partial charge in [0.15, 0.2) is 0 Å². The smallest absolute Gasteiger partial charge is 0.103 e. The largest absolute Gasteiger partial charge is 0.305 e. The zero-order valence-corrected chi connectivity index (χ0v) is 21.6. The van der Waals surface area contributed by atoms with E-state index in [-0.39, 0.29) is 0 Å². The number of hydrogen-bond acceptors (Lipinski definition) is 1. The summed E-state index contributed by atoms with van der Waals surface area (Å²) in [5.74, 6) is 1.59. The number of hydrogen-bond donors (Lipinski definition) is 1. The van der Waals surface area contributed by atoms with Crippen molar-refractivity contribution in [1.82, 2.24) is 4.90 Å². The average Bonchev–Trinajstić information content (AvgIpc) is 2.85. The molecule has 0 aromatic heterocycles. The Labute approximate surface area is 209 Å². The first kappa shape index (κ1) is 25.5. The number of piperidine rings is 1. The number of nitrogens with zero attached hydrogens (tertiary/aromatic N) is 1. The Hall–Kier alpha value is -1.64. The fraction of sp³-hybridized carbons (Fsp3) is 0.625. The van der Waals surface area contributed by atoms with E-state index in [1.54, 1.807) is 16.0 Å². The minimum Gasteiger partial charge on any atom is -0.305 e. The molecule has 1 fully saturated rings. The molecule has 2 heteroatoms. The van der Waals surface area contributed by atoms with Gasteiger partial charge in [-0.3, -0.25) is 0 Å². The number of nitrogens with one attached hydrogen (secondary N) is 1. The van der Waals surface area contributed by atoms with Crippen molar-refractivity contribution in [1.29, 1.82) is 0 Å². The molecule has 34 heavy (non-hydrogen) atoms. The van der Waals surface area contributed by atoms with Crippen LogP contribution in [0.1, 0.15) is 83.5 Å². The minimum atomic E-state index is 0.766. The summed E-state index contributed by atoms with van der Waals surface area (Å²) in [7, 11) is 0. The monoisotopic (exact) mass is 461 g/mol. The first-order valence-corrected chi connectivity index (χ1v) is 14.5. The Balaban J connectivity index is 1.55. The maximum Gasteiger partial charge on any atom is 0.103 e. The van der Waals surface area contributed by atoms with E-state index in [4.69, 9.17) is 0 Å². The third-order valence-electron chi connectivity index (χ3n) is 8.27. The third-order valence-corrected chi connectivity index (χ3v) is 8.27. The Morgan fingerprint density at radius 3 is 2.29 bits per heavy atom. The fourth-order valence-corrected chi connectivity index (χ4v) is 6.35. The van der Waals surface area contributed by atoms with Gasteiger partial charge in [-0.25, -0.2) is 0 Å². The molecule has 0 saturated carbocycles. The standard InChI is InChI=1S/C32H48N2/c1-2-5-10-14-18-23-34-26-29-19-15-11-7-4-6-9-13-17-22-33-24-21-32(31(25-29)28-34)30(27-33)20-16-12-8-3-1/h2,4-6,9-10,13-14,25,28,30,32H,1,3,7-8,11-12,15-24,26-27H2/p+1. The quantitative estimate of drug-likeness (QED) is 0.429. The Morgan fingerprint density at radius 2 is 1.44 bits per heavy atom. The Bertz CT molecular complexity index is 781. The molecule has 186 valence electrons. The van der Waals surface area contributed by atoms with E-state index in [0.717, 1.165) is 11.8 Å². The van der Waals surface area contributed by atoms with Crippen LogP contribution in [0.5, 0.6) is 0 Å². The van der Waals surface area contributed by atoms with Crippen LogP contribution < -0.4 is 4.90 Å². The van der Waals surface area contributed by atoms with Crippen LogP contribution in [0.3, 0.4) is 0 Å². The first-order valence-electron chi connectivity index (χ1n) is 14.5. The van der Waals surface area contributed by atoms with Crippen LogP contribution in [0.4, 0.5) is 0 Å². The molecular formula is C32H49N2+. The average molecular weight is 462 g/mol. The fourth-order valence-electron chi connectivity index (χ4n) is 6.35. The van der Waals surface area contributed by atoms with E-state index in [0.29, 0.717) is 0 Å². The summed E-state index contributed by atoms with van der Waals surface area (Å²) in [4.78, 5) is 4.46. The van der Waals surface area contributed by atoms with Crippen molar-refractivity contribution in [2.24, 2.45) is 11.8 Å². The van der Waals surface area contributed by atoms with Gasteiger partial charge in [-0.15, -0.1) is 0 Å². The van der Waals surface area contributed by atoms with Crippen LogP contribution in [0.25, 0.3) is 0 Å². The highest BCUT2D eigenvalue weighted by atomic mass is 15.1. The second-order valence-electron chi connectivity index (χ2n) is 11.0. The molecule has 0 aliphatic carbocycles.